The van der Waals surface area contributed by atoms with Crippen molar-refractivity contribution in [3.63, 3.8) is 0 Å². The average molecular weight is 361 g/mol. The fraction of sp³-hybridized carbons (Fsp3) is 0.286. The number of hydrogen-bond acceptors (Lipinski definition) is 4. The van der Waals surface area contributed by atoms with Crippen molar-refractivity contribution in [2.24, 2.45) is 0 Å². The van der Waals surface area contributed by atoms with Crippen molar-refractivity contribution in [3.05, 3.63) is 59.9 Å². The second-order valence-corrected chi connectivity index (χ2v) is 7.07. The predicted molar refractivity (Wildman–Crippen MR) is 105 cm³/mol. The van der Waals surface area contributed by atoms with E-state index in [0.717, 1.165) is 35.5 Å². The van der Waals surface area contributed by atoms with Gasteiger partial charge in [0.25, 0.3) is 5.91 Å². The third-order valence-corrected chi connectivity index (χ3v) is 4.77. The third-order valence-electron chi connectivity index (χ3n) is 4.77. The van der Waals surface area contributed by atoms with Gasteiger partial charge >= 0.3 is 0 Å². The first-order valence-electron chi connectivity index (χ1n) is 9.17. The Balaban J connectivity index is 1.59. The highest BCUT2D eigenvalue weighted by Gasteiger charge is 2.19. The summed E-state index contributed by atoms with van der Waals surface area (Å²) in [6, 6.07) is 14.4. The van der Waals surface area contributed by atoms with Crippen molar-refractivity contribution < 1.29 is 4.79 Å². The number of benzene rings is 1. The molecule has 1 amide bonds. The van der Waals surface area contributed by atoms with Gasteiger partial charge < -0.3 is 10.2 Å². The minimum atomic E-state index is -0.0670. The summed E-state index contributed by atoms with van der Waals surface area (Å²) in [6.07, 6.45) is 2.83. The van der Waals surface area contributed by atoms with Crippen LogP contribution >= 0.6 is 0 Å². The molecule has 27 heavy (non-hydrogen) atoms. The summed E-state index contributed by atoms with van der Waals surface area (Å²) >= 11 is 0. The van der Waals surface area contributed by atoms with E-state index in [4.69, 9.17) is 0 Å². The Bertz CT molecular complexity index is 959. The second-order valence-electron chi connectivity index (χ2n) is 7.07. The molecule has 0 saturated heterocycles. The molecular formula is C21H23N5O. The van der Waals surface area contributed by atoms with Crippen LogP contribution in [-0.2, 0) is 13.0 Å². The van der Waals surface area contributed by atoms with Crippen LogP contribution in [0, 0.1) is 0 Å². The van der Waals surface area contributed by atoms with Crippen molar-refractivity contribution in [1.82, 2.24) is 25.0 Å². The lowest BCUT2D eigenvalue weighted by Gasteiger charge is -2.13. The fourth-order valence-electron chi connectivity index (χ4n) is 3.22. The van der Waals surface area contributed by atoms with Gasteiger partial charge in [-0.15, -0.1) is 0 Å². The maximum Gasteiger partial charge on any atom is 0.269 e. The van der Waals surface area contributed by atoms with Gasteiger partial charge in [0, 0.05) is 30.4 Å². The summed E-state index contributed by atoms with van der Waals surface area (Å²) in [5.41, 5.74) is 5.67. The van der Waals surface area contributed by atoms with E-state index in [2.05, 4.69) is 58.7 Å². The molecule has 4 rings (SSSR count). The van der Waals surface area contributed by atoms with Gasteiger partial charge in [0.05, 0.1) is 17.9 Å². The number of nitrogens with one attached hydrogen (secondary N) is 1. The summed E-state index contributed by atoms with van der Waals surface area (Å²) in [6.45, 7) is 2.35. The quantitative estimate of drug-likeness (QED) is 0.758. The van der Waals surface area contributed by atoms with Crippen LogP contribution in [0.3, 0.4) is 0 Å². The monoisotopic (exact) mass is 361 g/mol. The summed E-state index contributed by atoms with van der Waals surface area (Å²) in [5.74, 6) is -0.0670. The van der Waals surface area contributed by atoms with Crippen LogP contribution in [0.4, 0.5) is 0 Å². The summed E-state index contributed by atoms with van der Waals surface area (Å²) in [7, 11) is 4.17. The maximum absolute atomic E-state index is 12.0. The van der Waals surface area contributed by atoms with Crippen molar-refractivity contribution in [1.29, 1.82) is 0 Å². The van der Waals surface area contributed by atoms with Crippen LogP contribution in [0.2, 0.25) is 0 Å². The van der Waals surface area contributed by atoms with E-state index in [9.17, 15) is 4.79 Å². The fourth-order valence-corrected chi connectivity index (χ4v) is 3.22. The van der Waals surface area contributed by atoms with Gasteiger partial charge in [-0.1, -0.05) is 24.3 Å². The first-order chi connectivity index (χ1) is 13.1. The minimum Gasteiger partial charge on any atom is -0.349 e. The lowest BCUT2D eigenvalue weighted by atomic mass is 10.0. The zero-order valence-corrected chi connectivity index (χ0v) is 15.6. The number of hydrogen-bond donors (Lipinski definition) is 1. The number of carbonyl (C=O) groups is 1. The molecule has 0 saturated carbocycles. The highest BCUT2D eigenvalue weighted by molar-refractivity contribution is 5.94. The Labute approximate surface area is 158 Å². The minimum absolute atomic E-state index is 0.0670. The highest BCUT2D eigenvalue weighted by Crippen LogP contribution is 2.25. The van der Waals surface area contributed by atoms with Crippen LogP contribution in [0.5, 0.6) is 0 Å². The molecule has 1 aliphatic rings. The van der Waals surface area contributed by atoms with Crippen LogP contribution in [0.15, 0.2) is 48.7 Å². The Kier molecular flexibility index (Phi) is 4.73. The first kappa shape index (κ1) is 17.4. The van der Waals surface area contributed by atoms with Crippen molar-refractivity contribution in [3.8, 4) is 22.5 Å². The van der Waals surface area contributed by atoms with Crippen molar-refractivity contribution in [2.45, 2.75) is 13.0 Å². The summed E-state index contributed by atoms with van der Waals surface area (Å²) < 4.78 is 1.77. The van der Waals surface area contributed by atoms with Gasteiger partial charge in [0.15, 0.2) is 0 Å². The number of amides is 1. The zero-order chi connectivity index (χ0) is 18.8. The number of fused-ring (bicyclic) bond motifs is 1. The van der Waals surface area contributed by atoms with E-state index in [0.29, 0.717) is 18.8 Å². The normalized spacial score (nSPS) is 13.5. The summed E-state index contributed by atoms with van der Waals surface area (Å²) in [4.78, 5) is 18.7. The smallest absolute Gasteiger partial charge is 0.269 e. The molecule has 0 atom stereocenters. The van der Waals surface area contributed by atoms with E-state index in [-0.39, 0.29) is 5.91 Å². The Morgan fingerprint density at radius 2 is 1.89 bits per heavy atom. The van der Waals surface area contributed by atoms with Gasteiger partial charge in [0.2, 0.25) is 0 Å². The van der Waals surface area contributed by atoms with Crippen molar-refractivity contribution >= 4 is 5.91 Å². The van der Waals surface area contributed by atoms with Gasteiger partial charge in [-0.2, -0.15) is 5.10 Å². The molecule has 0 spiro atoms. The van der Waals surface area contributed by atoms with E-state index in [1.807, 2.05) is 18.2 Å². The third kappa shape index (κ3) is 3.75. The maximum atomic E-state index is 12.0. The molecule has 3 heterocycles. The van der Waals surface area contributed by atoms with Crippen molar-refractivity contribution in [2.75, 3.05) is 27.2 Å². The number of pyridine rings is 1. The Morgan fingerprint density at radius 3 is 2.63 bits per heavy atom. The van der Waals surface area contributed by atoms with Gasteiger partial charge in [-0.25, -0.2) is 0 Å². The second kappa shape index (κ2) is 7.32. The van der Waals surface area contributed by atoms with E-state index >= 15 is 0 Å². The Hall–Kier alpha value is -2.99. The lowest BCUT2D eigenvalue weighted by molar-refractivity contribution is 0.0924. The van der Waals surface area contributed by atoms with Crippen LogP contribution < -0.4 is 5.32 Å². The number of likely N-dealkylation sites (N-methyl/N-ethyl adjacent to an activating group) is 1. The van der Waals surface area contributed by atoms with Crippen LogP contribution in [0.1, 0.15) is 16.1 Å². The predicted octanol–water partition coefficient (Wildman–Crippen LogP) is 2.46. The lowest BCUT2D eigenvalue weighted by Crippen LogP contribution is -2.35. The van der Waals surface area contributed by atoms with Gasteiger partial charge in [-0.3, -0.25) is 14.5 Å². The molecule has 0 fully saturated rings. The van der Waals surface area contributed by atoms with Crippen LogP contribution in [0.25, 0.3) is 22.5 Å². The molecule has 0 unspecified atom stereocenters. The molecule has 0 bridgehead atoms. The molecule has 1 aromatic carbocycles. The average Bonchev–Trinajstić information content (AvgIpc) is 3.13. The SMILES string of the molecule is CN(C)CCc1ccc(-c2cc(-c3cc4n(n3)CCNC4=O)ccn2)cc1. The number of rotatable bonds is 5. The largest absolute Gasteiger partial charge is 0.349 e. The van der Waals surface area contributed by atoms with E-state index in [1.165, 1.54) is 5.56 Å². The molecule has 1 aliphatic heterocycles. The Morgan fingerprint density at radius 1 is 1.07 bits per heavy atom. The van der Waals surface area contributed by atoms with Gasteiger partial charge in [0.1, 0.15) is 5.69 Å². The summed E-state index contributed by atoms with van der Waals surface area (Å²) in [5, 5.41) is 7.43. The molecule has 0 radical (unpaired) electrons. The standard InChI is InChI=1S/C21H23N5O/c1-25(2)11-8-15-3-5-16(6-4-15)18-13-17(7-9-22-18)19-14-20-21(27)23-10-12-26(20)24-19/h3-7,9,13-14H,8,10-12H2,1-2H3,(H,23,27). The number of carbonyl (C=O) groups excluding carboxylic acids is 1. The van der Waals surface area contributed by atoms with E-state index in [1.54, 1.807) is 10.9 Å². The molecule has 138 valence electrons. The molecule has 0 aliphatic carbocycles. The zero-order valence-electron chi connectivity index (χ0n) is 15.6. The molecule has 3 aromatic rings. The number of nitrogens with zero attached hydrogens (tertiary/aromatic N) is 4. The van der Waals surface area contributed by atoms with Crippen LogP contribution in [-0.4, -0.2) is 52.8 Å². The number of aromatic nitrogens is 3. The van der Waals surface area contributed by atoms with E-state index < -0.39 is 0 Å². The first-order valence-corrected chi connectivity index (χ1v) is 9.17. The van der Waals surface area contributed by atoms with Gasteiger partial charge in [-0.05, 0) is 44.3 Å². The molecule has 6 heteroatoms. The molecule has 1 N–H and O–H groups in total. The molecule has 2 aromatic heterocycles. The topological polar surface area (TPSA) is 63.1 Å². The highest BCUT2D eigenvalue weighted by atomic mass is 16.2. The molecular weight excluding hydrogens is 338 g/mol. The molecule has 6 nitrogen and oxygen atoms in total.